The van der Waals surface area contributed by atoms with Gasteiger partial charge in [-0.05, 0) is 20.3 Å². The molecular weight excluding hydrogens is 324 g/mol. The summed E-state index contributed by atoms with van der Waals surface area (Å²) in [7, 11) is -7.31. The van der Waals surface area contributed by atoms with Crippen LogP contribution in [0.4, 0.5) is 0 Å². The maximum atomic E-state index is 11.3. The summed E-state index contributed by atoms with van der Waals surface area (Å²) >= 11 is 0. The monoisotopic (exact) mass is 346 g/mol. The summed E-state index contributed by atoms with van der Waals surface area (Å²) in [6.45, 7) is 4.76. The van der Waals surface area contributed by atoms with Gasteiger partial charge in [-0.15, -0.1) is 0 Å². The average Bonchev–Trinajstić information content (AvgIpc) is 2.56. The lowest BCUT2D eigenvalue weighted by Crippen LogP contribution is -2.40. The first-order valence-corrected chi connectivity index (χ1v) is 10.0. The Hall–Kier alpha value is -0.260. The predicted molar refractivity (Wildman–Crippen MR) is 74.6 cm³/mol. The lowest BCUT2D eigenvalue weighted by molar-refractivity contribution is -0.154. The minimum Gasteiger partial charge on any atom is -0.342 e. The second-order valence-corrected chi connectivity index (χ2v) is 8.62. The standard InChI is InChI=1S/C11H22O8S2/c1-6-8(19-21(5,14)15)10-9(7-16-20(4,12)13)17-11(2,3)18-10/h8-10H,6-7H2,1-5H3/t8-,9-,10+/m0/s1. The third-order valence-electron chi connectivity index (χ3n) is 2.74. The molecule has 0 aromatic rings. The Balaban J connectivity index is 2.88. The number of hydrogen-bond acceptors (Lipinski definition) is 8. The molecule has 0 bridgehead atoms. The van der Waals surface area contributed by atoms with E-state index in [2.05, 4.69) is 0 Å². The molecule has 1 fully saturated rings. The van der Waals surface area contributed by atoms with E-state index in [1.165, 1.54) is 0 Å². The molecule has 8 nitrogen and oxygen atoms in total. The molecule has 0 radical (unpaired) electrons. The number of rotatable bonds is 7. The van der Waals surface area contributed by atoms with Crippen LogP contribution in [0, 0.1) is 0 Å². The summed E-state index contributed by atoms with van der Waals surface area (Å²) in [6.07, 6.45) is -0.0591. The van der Waals surface area contributed by atoms with Crippen LogP contribution in [0.25, 0.3) is 0 Å². The van der Waals surface area contributed by atoms with E-state index in [0.717, 1.165) is 12.5 Å². The Morgan fingerprint density at radius 3 is 2.10 bits per heavy atom. The minimum absolute atomic E-state index is 0.267. The molecule has 0 N–H and O–H groups in total. The van der Waals surface area contributed by atoms with Crippen molar-refractivity contribution in [3.05, 3.63) is 0 Å². The molecule has 1 aliphatic rings. The lowest BCUT2D eigenvalue weighted by atomic mass is 10.1. The normalized spacial score (nSPS) is 27.7. The molecule has 1 heterocycles. The number of hydrogen-bond donors (Lipinski definition) is 0. The zero-order valence-corrected chi connectivity index (χ0v) is 14.4. The van der Waals surface area contributed by atoms with Crippen LogP contribution >= 0.6 is 0 Å². The van der Waals surface area contributed by atoms with E-state index in [1.54, 1.807) is 20.8 Å². The molecule has 0 saturated carbocycles. The predicted octanol–water partition coefficient (Wildman–Crippen LogP) is 0.238. The zero-order valence-electron chi connectivity index (χ0n) is 12.7. The molecule has 1 rings (SSSR count). The Labute approximate surface area is 126 Å². The molecule has 10 heteroatoms. The second-order valence-electron chi connectivity index (χ2n) is 5.37. The lowest BCUT2D eigenvalue weighted by Gasteiger charge is -2.24. The van der Waals surface area contributed by atoms with Crippen LogP contribution in [-0.4, -0.2) is 60.1 Å². The van der Waals surface area contributed by atoms with Crippen LogP contribution in [0.15, 0.2) is 0 Å². The van der Waals surface area contributed by atoms with E-state index < -0.39 is 44.3 Å². The first-order chi connectivity index (χ1) is 9.33. The highest BCUT2D eigenvalue weighted by molar-refractivity contribution is 7.86. The summed E-state index contributed by atoms with van der Waals surface area (Å²) < 4.78 is 65.7. The van der Waals surface area contributed by atoms with Crippen molar-refractivity contribution in [1.29, 1.82) is 0 Å². The molecule has 0 amide bonds. The molecule has 0 aromatic heterocycles. The highest BCUT2D eigenvalue weighted by Crippen LogP contribution is 2.32. The fourth-order valence-electron chi connectivity index (χ4n) is 2.08. The molecule has 0 aliphatic carbocycles. The van der Waals surface area contributed by atoms with Gasteiger partial charge in [0.25, 0.3) is 20.2 Å². The van der Waals surface area contributed by atoms with Crippen LogP contribution in [0.3, 0.4) is 0 Å². The van der Waals surface area contributed by atoms with Gasteiger partial charge in [0.05, 0.1) is 19.1 Å². The maximum Gasteiger partial charge on any atom is 0.264 e. The molecule has 0 spiro atoms. The fourth-order valence-corrected chi connectivity index (χ4v) is 3.15. The quantitative estimate of drug-likeness (QED) is 0.604. The highest BCUT2D eigenvalue weighted by Gasteiger charge is 2.46. The van der Waals surface area contributed by atoms with Crippen LogP contribution in [0.5, 0.6) is 0 Å². The summed E-state index contributed by atoms with van der Waals surface area (Å²) in [6, 6.07) is 0. The molecular formula is C11H22O8S2. The topological polar surface area (TPSA) is 105 Å². The van der Waals surface area contributed by atoms with Gasteiger partial charge in [0, 0.05) is 0 Å². The van der Waals surface area contributed by atoms with Gasteiger partial charge in [0.2, 0.25) is 0 Å². The van der Waals surface area contributed by atoms with Crippen molar-refractivity contribution < 1.29 is 34.7 Å². The van der Waals surface area contributed by atoms with Gasteiger partial charge in [-0.3, -0.25) is 8.37 Å². The fraction of sp³-hybridized carbons (Fsp3) is 1.00. The molecule has 0 aromatic carbocycles. The van der Waals surface area contributed by atoms with E-state index in [4.69, 9.17) is 17.8 Å². The van der Waals surface area contributed by atoms with E-state index in [1.807, 2.05) is 0 Å². The van der Waals surface area contributed by atoms with Gasteiger partial charge >= 0.3 is 0 Å². The third kappa shape index (κ3) is 6.57. The Morgan fingerprint density at radius 2 is 1.67 bits per heavy atom. The van der Waals surface area contributed by atoms with Crippen molar-refractivity contribution in [2.45, 2.75) is 51.3 Å². The molecule has 3 atom stereocenters. The van der Waals surface area contributed by atoms with Gasteiger partial charge in [-0.2, -0.15) is 16.8 Å². The summed E-state index contributed by atoms with van der Waals surface area (Å²) in [5, 5.41) is 0. The van der Waals surface area contributed by atoms with Crippen LogP contribution < -0.4 is 0 Å². The Morgan fingerprint density at radius 1 is 1.10 bits per heavy atom. The first-order valence-electron chi connectivity index (χ1n) is 6.41. The third-order valence-corrected chi connectivity index (χ3v) is 3.90. The van der Waals surface area contributed by atoms with Crippen molar-refractivity contribution in [1.82, 2.24) is 0 Å². The minimum atomic E-state index is -3.67. The van der Waals surface area contributed by atoms with Crippen molar-refractivity contribution >= 4 is 20.2 Å². The SMILES string of the molecule is CC[C@H](OS(C)(=O)=O)[C@H]1OC(C)(C)O[C@H]1COS(C)(=O)=O. The summed E-state index contributed by atoms with van der Waals surface area (Å²) in [5.41, 5.74) is 0. The summed E-state index contributed by atoms with van der Waals surface area (Å²) in [5.74, 6) is -0.982. The van der Waals surface area contributed by atoms with E-state index in [-0.39, 0.29) is 6.61 Å². The van der Waals surface area contributed by atoms with Gasteiger partial charge in [0.15, 0.2) is 5.79 Å². The molecule has 1 aliphatic heterocycles. The second kappa shape index (κ2) is 6.47. The van der Waals surface area contributed by atoms with Crippen LogP contribution in [-0.2, 0) is 38.1 Å². The summed E-state index contributed by atoms with van der Waals surface area (Å²) in [4.78, 5) is 0. The van der Waals surface area contributed by atoms with Crippen molar-refractivity contribution in [2.24, 2.45) is 0 Å². The maximum absolute atomic E-state index is 11.3. The van der Waals surface area contributed by atoms with E-state index >= 15 is 0 Å². The number of ether oxygens (including phenoxy) is 2. The van der Waals surface area contributed by atoms with E-state index in [0.29, 0.717) is 6.42 Å². The molecule has 21 heavy (non-hydrogen) atoms. The van der Waals surface area contributed by atoms with Gasteiger partial charge in [-0.1, -0.05) is 6.92 Å². The molecule has 126 valence electrons. The van der Waals surface area contributed by atoms with Crippen molar-refractivity contribution in [3.8, 4) is 0 Å². The zero-order chi connectivity index (χ0) is 16.5. The average molecular weight is 346 g/mol. The Kier molecular flexibility index (Phi) is 5.79. The van der Waals surface area contributed by atoms with Crippen molar-refractivity contribution in [3.63, 3.8) is 0 Å². The van der Waals surface area contributed by atoms with Crippen LogP contribution in [0.1, 0.15) is 27.2 Å². The Bertz CT molecular complexity index is 551. The van der Waals surface area contributed by atoms with Crippen LogP contribution in [0.2, 0.25) is 0 Å². The van der Waals surface area contributed by atoms with Gasteiger partial charge < -0.3 is 9.47 Å². The van der Waals surface area contributed by atoms with Gasteiger partial charge in [0.1, 0.15) is 18.3 Å². The van der Waals surface area contributed by atoms with Gasteiger partial charge in [-0.25, -0.2) is 0 Å². The first kappa shape index (κ1) is 18.8. The van der Waals surface area contributed by atoms with Crippen molar-refractivity contribution in [2.75, 3.05) is 19.1 Å². The highest BCUT2D eigenvalue weighted by atomic mass is 32.2. The smallest absolute Gasteiger partial charge is 0.264 e. The van der Waals surface area contributed by atoms with E-state index in [9.17, 15) is 16.8 Å². The largest absolute Gasteiger partial charge is 0.342 e. The molecule has 1 saturated heterocycles. The molecule has 0 unspecified atom stereocenters.